The van der Waals surface area contributed by atoms with Crippen LogP contribution in [-0.4, -0.2) is 9.90 Å². The van der Waals surface area contributed by atoms with Gasteiger partial charge in [-0.2, -0.15) is 0 Å². The second kappa shape index (κ2) is 6.48. The van der Waals surface area contributed by atoms with E-state index < -0.39 is 0 Å². The zero-order valence-corrected chi connectivity index (χ0v) is 11.9. The summed E-state index contributed by atoms with van der Waals surface area (Å²) in [5, 5.41) is 0.944. The Hall–Kier alpha value is -0.0900. The Morgan fingerprint density at radius 1 is 1.53 bits per heavy atom. The van der Waals surface area contributed by atoms with Gasteiger partial charge in [0.1, 0.15) is 0 Å². The number of hydrogen-bond donors (Lipinski definition) is 0. The lowest BCUT2D eigenvalue weighted by atomic mass is 10.1. The molecule has 0 aliphatic rings. The molecule has 1 unspecified atom stereocenters. The average molecular weight is 337 g/mol. The third-order valence-electron chi connectivity index (χ3n) is 2.34. The first-order valence-electron chi connectivity index (χ1n) is 5.10. The van der Waals surface area contributed by atoms with Gasteiger partial charge >= 0.3 is 0 Å². The number of nitrogens with zero attached hydrogens (tertiary/aromatic N) is 1. The molecule has 1 rings (SSSR count). The summed E-state index contributed by atoms with van der Waals surface area (Å²) in [7, 11) is 0. The van der Waals surface area contributed by atoms with Crippen LogP contribution in [0.3, 0.4) is 0 Å². The number of alkyl halides is 1. The van der Waals surface area contributed by atoms with Gasteiger partial charge in [0.05, 0.1) is 4.47 Å². The third kappa shape index (κ3) is 3.76. The quantitative estimate of drug-likeness (QED) is 0.755. The number of hydrogen-bond acceptors (Lipinski definition) is 1. The Morgan fingerprint density at radius 3 is 2.87 bits per heavy atom. The molecule has 84 valence electrons. The van der Waals surface area contributed by atoms with E-state index in [1.54, 1.807) is 10.6 Å². The predicted molar refractivity (Wildman–Crippen MR) is 70.6 cm³/mol. The molecule has 1 aromatic rings. The van der Waals surface area contributed by atoms with E-state index >= 15 is 0 Å². The summed E-state index contributed by atoms with van der Waals surface area (Å²) in [5.74, 6) is 0.530. The number of rotatable bonds is 5. The second-order valence-corrected chi connectivity index (χ2v) is 5.12. The maximum atomic E-state index is 11.7. The molecule has 0 fully saturated rings. The molecule has 1 aromatic heterocycles. The molecular weight excluding hydrogens is 322 g/mol. The molecule has 0 saturated heterocycles. The SMILES string of the molecule is CCCC(CBr)Cn1cccc(Br)c1=O. The van der Waals surface area contributed by atoms with Crippen LogP contribution in [0.25, 0.3) is 0 Å². The summed E-state index contributed by atoms with van der Waals surface area (Å²) in [4.78, 5) is 11.7. The van der Waals surface area contributed by atoms with Crippen LogP contribution >= 0.6 is 31.9 Å². The van der Waals surface area contributed by atoms with E-state index in [2.05, 4.69) is 38.8 Å². The van der Waals surface area contributed by atoms with Gasteiger partial charge in [0, 0.05) is 18.1 Å². The van der Waals surface area contributed by atoms with Crippen LogP contribution in [0, 0.1) is 5.92 Å². The van der Waals surface area contributed by atoms with Crippen molar-refractivity contribution >= 4 is 31.9 Å². The maximum Gasteiger partial charge on any atom is 0.264 e. The molecular formula is C11H15Br2NO. The van der Waals surface area contributed by atoms with E-state index in [1.807, 2.05) is 12.3 Å². The van der Waals surface area contributed by atoms with E-state index in [-0.39, 0.29) is 5.56 Å². The van der Waals surface area contributed by atoms with Crippen LogP contribution in [0.5, 0.6) is 0 Å². The summed E-state index contributed by atoms with van der Waals surface area (Å²) in [5.41, 5.74) is 0.0551. The summed E-state index contributed by atoms with van der Waals surface area (Å²) in [6.07, 6.45) is 4.14. The van der Waals surface area contributed by atoms with E-state index in [1.165, 1.54) is 0 Å². The molecule has 1 atom stereocenters. The summed E-state index contributed by atoms with van der Waals surface area (Å²) < 4.78 is 2.40. The smallest absolute Gasteiger partial charge is 0.264 e. The van der Waals surface area contributed by atoms with Crippen LogP contribution in [-0.2, 0) is 6.54 Å². The number of pyridine rings is 1. The molecule has 4 heteroatoms. The molecule has 0 amide bonds. The lowest BCUT2D eigenvalue weighted by Gasteiger charge is -2.14. The van der Waals surface area contributed by atoms with Gasteiger partial charge < -0.3 is 4.57 Å². The zero-order valence-electron chi connectivity index (χ0n) is 8.75. The van der Waals surface area contributed by atoms with Crippen LogP contribution in [0.2, 0.25) is 0 Å². The van der Waals surface area contributed by atoms with E-state index in [0.29, 0.717) is 10.4 Å². The predicted octanol–water partition coefficient (Wildman–Crippen LogP) is 3.42. The van der Waals surface area contributed by atoms with Crippen molar-refractivity contribution in [3.05, 3.63) is 33.2 Å². The average Bonchev–Trinajstić information content (AvgIpc) is 2.24. The van der Waals surface area contributed by atoms with E-state index in [0.717, 1.165) is 24.7 Å². The van der Waals surface area contributed by atoms with Gasteiger partial charge in [0.15, 0.2) is 0 Å². The van der Waals surface area contributed by atoms with E-state index in [4.69, 9.17) is 0 Å². The zero-order chi connectivity index (χ0) is 11.3. The molecule has 0 N–H and O–H groups in total. The number of aromatic nitrogens is 1. The first-order valence-corrected chi connectivity index (χ1v) is 7.01. The number of halogens is 2. The Labute approximate surface area is 107 Å². The van der Waals surface area contributed by atoms with E-state index in [9.17, 15) is 4.79 Å². The fraction of sp³-hybridized carbons (Fsp3) is 0.545. The van der Waals surface area contributed by atoms with Crippen molar-refractivity contribution in [2.75, 3.05) is 5.33 Å². The van der Waals surface area contributed by atoms with Gasteiger partial charge in [-0.1, -0.05) is 29.3 Å². The third-order valence-corrected chi connectivity index (χ3v) is 3.86. The monoisotopic (exact) mass is 335 g/mol. The highest BCUT2D eigenvalue weighted by molar-refractivity contribution is 9.10. The van der Waals surface area contributed by atoms with Gasteiger partial charge in [-0.05, 0) is 40.4 Å². The van der Waals surface area contributed by atoms with Crippen LogP contribution in [0.1, 0.15) is 19.8 Å². The topological polar surface area (TPSA) is 22.0 Å². The van der Waals surface area contributed by atoms with Gasteiger partial charge in [0.25, 0.3) is 5.56 Å². The lowest BCUT2D eigenvalue weighted by molar-refractivity contribution is 0.447. The van der Waals surface area contributed by atoms with Crippen molar-refractivity contribution < 1.29 is 0 Å². The Balaban J connectivity index is 2.79. The van der Waals surface area contributed by atoms with Crippen molar-refractivity contribution in [3.63, 3.8) is 0 Å². The highest BCUT2D eigenvalue weighted by Gasteiger charge is 2.08. The van der Waals surface area contributed by atoms with Crippen LogP contribution in [0.4, 0.5) is 0 Å². The van der Waals surface area contributed by atoms with Gasteiger partial charge in [-0.15, -0.1) is 0 Å². The molecule has 0 bridgehead atoms. The first kappa shape index (κ1) is 13.0. The fourth-order valence-electron chi connectivity index (χ4n) is 1.56. The molecule has 1 heterocycles. The molecule has 0 spiro atoms. The second-order valence-electron chi connectivity index (χ2n) is 3.62. The van der Waals surface area contributed by atoms with Crippen molar-refractivity contribution in [3.8, 4) is 0 Å². The van der Waals surface area contributed by atoms with Gasteiger partial charge in [-0.3, -0.25) is 4.79 Å². The molecule has 15 heavy (non-hydrogen) atoms. The normalized spacial score (nSPS) is 12.7. The minimum Gasteiger partial charge on any atom is -0.314 e. The maximum absolute atomic E-state index is 11.7. The lowest BCUT2D eigenvalue weighted by Crippen LogP contribution is -2.24. The molecule has 0 aromatic carbocycles. The Bertz CT molecular complexity index is 362. The molecule has 0 aliphatic carbocycles. The van der Waals surface area contributed by atoms with Crippen molar-refractivity contribution in [1.29, 1.82) is 0 Å². The molecule has 0 radical (unpaired) electrons. The fourth-order valence-corrected chi connectivity index (χ4v) is 2.46. The minimum absolute atomic E-state index is 0.0551. The minimum atomic E-state index is 0.0551. The van der Waals surface area contributed by atoms with Crippen molar-refractivity contribution in [1.82, 2.24) is 4.57 Å². The highest BCUT2D eigenvalue weighted by atomic mass is 79.9. The largest absolute Gasteiger partial charge is 0.314 e. The molecule has 2 nitrogen and oxygen atoms in total. The first-order chi connectivity index (χ1) is 7.19. The van der Waals surface area contributed by atoms with Crippen LogP contribution in [0.15, 0.2) is 27.6 Å². The highest BCUT2D eigenvalue weighted by Crippen LogP contribution is 2.12. The van der Waals surface area contributed by atoms with Crippen molar-refractivity contribution in [2.24, 2.45) is 5.92 Å². The van der Waals surface area contributed by atoms with Crippen molar-refractivity contribution in [2.45, 2.75) is 26.3 Å². The summed E-state index contributed by atoms with van der Waals surface area (Å²) >= 11 is 6.74. The summed E-state index contributed by atoms with van der Waals surface area (Å²) in [6.45, 7) is 2.96. The Kier molecular flexibility index (Phi) is 5.61. The van der Waals surface area contributed by atoms with Crippen LogP contribution < -0.4 is 5.56 Å². The molecule has 0 aliphatic heterocycles. The standard InChI is InChI=1S/C11H15Br2NO/c1-2-4-9(7-12)8-14-6-3-5-10(13)11(14)15/h3,5-6,9H,2,4,7-8H2,1H3. The molecule has 0 saturated carbocycles. The van der Waals surface area contributed by atoms with Gasteiger partial charge in [-0.25, -0.2) is 0 Å². The Morgan fingerprint density at radius 2 is 2.27 bits per heavy atom. The summed E-state index contributed by atoms with van der Waals surface area (Å²) in [6, 6.07) is 3.67. The van der Waals surface area contributed by atoms with Gasteiger partial charge in [0.2, 0.25) is 0 Å².